The molecule has 7 nitrogen and oxygen atoms in total. The van der Waals surface area contributed by atoms with Gasteiger partial charge in [0.15, 0.2) is 0 Å². The van der Waals surface area contributed by atoms with Crippen LogP contribution in [0.1, 0.15) is 55.6 Å². The van der Waals surface area contributed by atoms with E-state index in [-0.39, 0.29) is 54.6 Å². The predicted molar refractivity (Wildman–Crippen MR) is 112 cm³/mol. The summed E-state index contributed by atoms with van der Waals surface area (Å²) in [4.78, 5) is 23.3. The van der Waals surface area contributed by atoms with E-state index in [4.69, 9.17) is 15.9 Å². The maximum atomic E-state index is 12.0. The van der Waals surface area contributed by atoms with Crippen LogP contribution in [0.4, 0.5) is 0 Å². The molecule has 1 aliphatic heterocycles. The van der Waals surface area contributed by atoms with Gasteiger partial charge in [-0.2, -0.15) is 0 Å². The highest BCUT2D eigenvalue weighted by Crippen LogP contribution is 2.34. The molecule has 2 atom stereocenters. The number of amidine groups is 1. The molecule has 0 bridgehead atoms. The van der Waals surface area contributed by atoms with E-state index >= 15 is 0 Å². The van der Waals surface area contributed by atoms with Crippen LogP contribution in [0.2, 0.25) is 0 Å². The summed E-state index contributed by atoms with van der Waals surface area (Å²) in [6.45, 7) is 0.492. The van der Waals surface area contributed by atoms with Crippen LogP contribution in [0, 0.1) is 11.3 Å². The molecule has 1 heterocycles. The molecular formula is C21H30ClN3O4. The Morgan fingerprint density at radius 3 is 2.45 bits per heavy atom. The lowest BCUT2D eigenvalue weighted by Gasteiger charge is -2.29. The molecule has 2 fully saturated rings. The number of nitrogen functional groups attached to an aromatic ring is 1. The van der Waals surface area contributed by atoms with Crippen molar-refractivity contribution in [2.75, 3.05) is 13.7 Å². The highest BCUT2D eigenvalue weighted by molar-refractivity contribution is 5.94. The SMILES string of the molecule is COC(=O)C[C@@H]1C[C@@H](CO[C@H]2CC[C@H](c3ccc(C(=N)N)cc3)CC2)NC1=O.Cl. The van der Waals surface area contributed by atoms with E-state index in [1.54, 1.807) is 0 Å². The summed E-state index contributed by atoms with van der Waals surface area (Å²) in [6, 6.07) is 7.93. The van der Waals surface area contributed by atoms with Crippen LogP contribution in [0.25, 0.3) is 0 Å². The summed E-state index contributed by atoms with van der Waals surface area (Å²) >= 11 is 0. The third kappa shape index (κ3) is 6.18. The average molecular weight is 424 g/mol. The molecule has 0 radical (unpaired) electrons. The van der Waals surface area contributed by atoms with Gasteiger partial charge in [-0.15, -0.1) is 12.4 Å². The minimum Gasteiger partial charge on any atom is -0.469 e. The van der Waals surface area contributed by atoms with Gasteiger partial charge in [0.2, 0.25) is 5.91 Å². The Morgan fingerprint density at radius 2 is 1.86 bits per heavy atom. The van der Waals surface area contributed by atoms with Gasteiger partial charge in [0.25, 0.3) is 0 Å². The molecule has 29 heavy (non-hydrogen) atoms. The molecule has 1 aromatic rings. The monoisotopic (exact) mass is 423 g/mol. The Morgan fingerprint density at radius 1 is 1.21 bits per heavy atom. The van der Waals surface area contributed by atoms with Crippen LogP contribution in [-0.2, 0) is 19.1 Å². The third-order valence-electron chi connectivity index (χ3n) is 5.83. The van der Waals surface area contributed by atoms with Gasteiger partial charge >= 0.3 is 5.97 Å². The summed E-state index contributed by atoms with van der Waals surface area (Å²) in [6.07, 6.45) is 5.07. The lowest BCUT2D eigenvalue weighted by molar-refractivity contribution is -0.143. The first-order chi connectivity index (χ1) is 13.5. The van der Waals surface area contributed by atoms with Gasteiger partial charge in [0.05, 0.1) is 38.2 Å². The maximum absolute atomic E-state index is 12.0. The standard InChI is InChI=1S/C21H29N3O4.ClH/c1-27-19(25)11-16-10-17(24-21(16)26)12-28-18-8-6-14(7-9-18)13-2-4-15(5-3-13)20(22)23;/h2-5,14,16-18H,6-12H2,1H3,(H3,22,23)(H,24,26);1H/t14-,16-,17-,18-;/m0./s1. The van der Waals surface area contributed by atoms with Crippen molar-refractivity contribution in [2.45, 2.75) is 56.6 Å². The van der Waals surface area contributed by atoms with Crippen molar-refractivity contribution in [2.24, 2.45) is 11.7 Å². The molecule has 1 aromatic carbocycles. The Hall–Kier alpha value is -2.12. The third-order valence-corrected chi connectivity index (χ3v) is 5.83. The van der Waals surface area contributed by atoms with Crippen molar-refractivity contribution in [1.29, 1.82) is 5.41 Å². The van der Waals surface area contributed by atoms with E-state index in [2.05, 4.69) is 22.2 Å². The number of rotatable bonds is 7. The van der Waals surface area contributed by atoms with Crippen LogP contribution in [-0.4, -0.2) is 43.6 Å². The normalized spacial score (nSPS) is 26.3. The van der Waals surface area contributed by atoms with Gasteiger partial charge in [0.1, 0.15) is 5.84 Å². The quantitative estimate of drug-likeness (QED) is 0.354. The molecule has 160 valence electrons. The smallest absolute Gasteiger partial charge is 0.306 e. The number of amides is 1. The molecule has 8 heteroatoms. The van der Waals surface area contributed by atoms with Crippen LogP contribution in [0.5, 0.6) is 0 Å². The second kappa shape index (κ2) is 10.6. The molecular weight excluding hydrogens is 394 g/mol. The zero-order valence-electron chi connectivity index (χ0n) is 16.7. The van der Waals surface area contributed by atoms with E-state index < -0.39 is 0 Å². The van der Waals surface area contributed by atoms with Crippen molar-refractivity contribution < 1.29 is 19.1 Å². The van der Waals surface area contributed by atoms with Crippen molar-refractivity contribution >= 4 is 30.1 Å². The molecule has 0 aromatic heterocycles. The zero-order valence-corrected chi connectivity index (χ0v) is 17.5. The molecule has 2 aliphatic rings. The molecule has 1 aliphatic carbocycles. The number of nitrogens with two attached hydrogens (primary N) is 1. The number of nitrogens with one attached hydrogen (secondary N) is 2. The summed E-state index contributed by atoms with van der Waals surface area (Å²) in [5.74, 6) is -0.143. The van der Waals surface area contributed by atoms with E-state index in [1.807, 2.05) is 12.1 Å². The molecule has 1 saturated heterocycles. The number of methoxy groups -OCH3 is 1. The fourth-order valence-electron chi connectivity index (χ4n) is 4.15. The minimum atomic E-state index is -0.351. The summed E-state index contributed by atoms with van der Waals surface area (Å²) < 4.78 is 10.7. The maximum Gasteiger partial charge on any atom is 0.306 e. The van der Waals surface area contributed by atoms with E-state index in [0.717, 1.165) is 31.2 Å². The lowest BCUT2D eigenvalue weighted by Crippen LogP contribution is -2.33. The average Bonchev–Trinajstić information content (AvgIpc) is 3.06. The Labute approximate surface area is 177 Å². The summed E-state index contributed by atoms with van der Waals surface area (Å²) in [5.41, 5.74) is 7.55. The van der Waals surface area contributed by atoms with Gasteiger partial charge in [0, 0.05) is 5.56 Å². The topological polar surface area (TPSA) is 114 Å². The van der Waals surface area contributed by atoms with Crippen molar-refractivity contribution in [3.63, 3.8) is 0 Å². The predicted octanol–water partition coefficient (Wildman–Crippen LogP) is 2.50. The van der Waals surface area contributed by atoms with Crippen molar-refractivity contribution in [3.05, 3.63) is 35.4 Å². The number of benzene rings is 1. The first kappa shape index (κ1) is 23.2. The number of carbonyl (C=O) groups is 2. The number of hydrogen-bond donors (Lipinski definition) is 3. The Bertz CT molecular complexity index is 717. The molecule has 0 spiro atoms. The van der Waals surface area contributed by atoms with E-state index in [9.17, 15) is 9.59 Å². The highest BCUT2D eigenvalue weighted by Gasteiger charge is 2.34. The molecule has 0 unspecified atom stereocenters. The van der Waals surface area contributed by atoms with Crippen molar-refractivity contribution in [1.82, 2.24) is 5.32 Å². The number of esters is 1. The fourth-order valence-corrected chi connectivity index (χ4v) is 4.15. The molecule has 1 saturated carbocycles. The second-order valence-electron chi connectivity index (χ2n) is 7.76. The molecule has 4 N–H and O–H groups in total. The van der Waals surface area contributed by atoms with Crippen LogP contribution in [0.3, 0.4) is 0 Å². The van der Waals surface area contributed by atoms with Crippen LogP contribution < -0.4 is 11.1 Å². The van der Waals surface area contributed by atoms with Gasteiger partial charge in [-0.1, -0.05) is 24.3 Å². The zero-order chi connectivity index (χ0) is 20.1. The van der Waals surface area contributed by atoms with E-state index in [0.29, 0.717) is 18.9 Å². The molecule has 1 amide bonds. The van der Waals surface area contributed by atoms with Crippen LogP contribution >= 0.6 is 12.4 Å². The largest absolute Gasteiger partial charge is 0.469 e. The van der Waals surface area contributed by atoms with Gasteiger partial charge in [-0.3, -0.25) is 15.0 Å². The minimum absolute atomic E-state index is 0. The molecule has 3 rings (SSSR count). The first-order valence-corrected chi connectivity index (χ1v) is 9.89. The lowest BCUT2D eigenvalue weighted by atomic mass is 9.82. The summed E-state index contributed by atoms with van der Waals surface area (Å²) in [7, 11) is 1.34. The van der Waals surface area contributed by atoms with Gasteiger partial charge < -0.3 is 20.5 Å². The Kier molecular flexibility index (Phi) is 8.46. The van der Waals surface area contributed by atoms with Crippen molar-refractivity contribution in [3.8, 4) is 0 Å². The number of ether oxygens (including phenoxy) is 2. The number of halogens is 1. The number of carbonyl (C=O) groups excluding carboxylic acids is 2. The Balaban J connectivity index is 0.00000300. The second-order valence-corrected chi connectivity index (χ2v) is 7.76. The first-order valence-electron chi connectivity index (χ1n) is 9.89. The fraction of sp³-hybridized carbons (Fsp3) is 0.571. The van der Waals surface area contributed by atoms with Gasteiger partial charge in [-0.05, 0) is 43.6 Å². The van der Waals surface area contributed by atoms with Crippen LogP contribution in [0.15, 0.2) is 24.3 Å². The number of hydrogen-bond acceptors (Lipinski definition) is 5. The summed E-state index contributed by atoms with van der Waals surface area (Å²) in [5, 5.41) is 10.4. The highest BCUT2D eigenvalue weighted by atomic mass is 35.5. The van der Waals surface area contributed by atoms with E-state index in [1.165, 1.54) is 12.7 Å². The van der Waals surface area contributed by atoms with Gasteiger partial charge in [-0.25, -0.2) is 0 Å².